The fourth-order valence-corrected chi connectivity index (χ4v) is 3.05. The van der Waals surface area contributed by atoms with Gasteiger partial charge in [-0.1, -0.05) is 30.3 Å². The van der Waals surface area contributed by atoms with E-state index in [1.54, 1.807) is 30.3 Å². The molecule has 0 aliphatic carbocycles. The zero-order valence-electron chi connectivity index (χ0n) is 14.3. The molecule has 1 unspecified atom stereocenters. The third-order valence-corrected chi connectivity index (χ3v) is 4.33. The van der Waals surface area contributed by atoms with Crippen molar-refractivity contribution >= 4 is 23.3 Å². The van der Waals surface area contributed by atoms with E-state index in [2.05, 4.69) is 10.6 Å². The molecule has 5 nitrogen and oxygen atoms in total. The largest absolute Gasteiger partial charge is 0.418 e. The van der Waals surface area contributed by atoms with Crippen LogP contribution < -0.4 is 10.6 Å². The van der Waals surface area contributed by atoms with Crippen LogP contribution in [0.1, 0.15) is 18.4 Å². The summed E-state index contributed by atoms with van der Waals surface area (Å²) in [4.78, 5) is 26.4. The number of para-hydroxylation sites is 2. The SMILES string of the molecule is O=C(Nc1ccccc1C(F)(F)F)C1CCCN1C(=O)Nc1ccccc1. The summed E-state index contributed by atoms with van der Waals surface area (Å²) < 4.78 is 39.3. The molecular formula is C19H18F3N3O2. The number of amides is 3. The quantitative estimate of drug-likeness (QED) is 0.836. The molecule has 2 aromatic carbocycles. The van der Waals surface area contributed by atoms with Crippen LogP contribution in [0.3, 0.4) is 0 Å². The van der Waals surface area contributed by atoms with Crippen molar-refractivity contribution in [2.45, 2.75) is 25.1 Å². The lowest BCUT2D eigenvalue weighted by Crippen LogP contribution is -2.45. The van der Waals surface area contributed by atoms with Gasteiger partial charge in [0.25, 0.3) is 0 Å². The van der Waals surface area contributed by atoms with Gasteiger partial charge in [-0.15, -0.1) is 0 Å². The maximum atomic E-state index is 13.1. The number of carbonyl (C=O) groups is 2. The predicted molar refractivity (Wildman–Crippen MR) is 95.3 cm³/mol. The van der Waals surface area contributed by atoms with Gasteiger partial charge in [-0.3, -0.25) is 4.79 Å². The highest BCUT2D eigenvalue weighted by atomic mass is 19.4. The third kappa shape index (κ3) is 4.39. The molecule has 1 aliphatic heterocycles. The molecule has 0 radical (unpaired) electrons. The van der Waals surface area contributed by atoms with Crippen LogP contribution in [0.25, 0.3) is 0 Å². The Balaban J connectivity index is 1.72. The minimum absolute atomic E-state index is 0.315. The lowest BCUT2D eigenvalue weighted by molar-refractivity contribution is -0.137. The van der Waals surface area contributed by atoms with Crippen molar-refractivity contribution in [3.63, 3.8) is 0 Å². The van der Waals surface area contributed by atoms with E-state index in [0.717, 1.165) is 6.07 Å². The molecule has 0 spiro atoms. The maximum absolute atomic E-state index is 13.1. The van der Waals surface area contributed by atoms with Crippen LogP contribution in [0, 0.1) is 0 Å². The van der Waals surface area contributed by atoms with E-state index in [0.29, 0.717) is 25.1 Å². The standard InChI is InChI=1S/C19H18F3N3O2/c20-19(21,22)14-9-4-5-10-15(14)24-17(26)16-11-6-12-25(16)18(27)23-13-7-2-1-3-8-13/h1-5,7-10,16H,6,11-12H2,(H,23,27)(H,24,26). The number of likely N-dealkylation sites (tertiary alicyclic amines) is 1. The summed E-state index contributed by atoms with van der Waals surface area (Å²) in [5.41, 5.74) is -0.655. The number of alkyl halides is 3. The summed E-state index contributed by atoms with van der Waals surface area (Å²) in [5, 5.41) is 5.02. The molecule has 1 heterocycles. The van der Waals surface area contributed by atoms with Gasteiger partial charge in [0.15, 0.2) is 0 Å². The molecule has 142 valence electrons. The second kappa shape index (κ2) is 7.69. The van der Waals surface area contributed by atoms with Crippen molar-refractivity contribution < 1.29 is 22.8 Å². The predicted octanol–water partition coefficient (Wildman–Crippen LogP) is 4.34. The van der Waals surface area contributed by atoms with Gasteiger partial charge in [-0.2, -0.15) is 13.2 Å². The van der Waals surface area contributed by atoms with Crippen LogP contribution in [0.4, 0.5) is 29.3 Å². The molecule has 8 heteroatoms. The van der Waals surface area contributed by atoms with Gasteiger partial charge in [-0.05, 0) is 37.1 Å². The van der Waals surface area contributed by atoms with Crippen molar-refractivity contribution in [1.82, 2.24) is 4.90 Å². The number of urea groups is 1. The highest BCUT2D eigenvalue weighted by Crippen LogP contribution is 2.35. The van der Waals surface area contributed by atoms with E-state index in [1.165, 1.54) is 23.1 Å². The van der Waals surface area contributed by atoms with Crippen LogP contribution in [0.2, 0.25) is 0 Å². The number of benzene rings is 2. The molecule has 0 aromatic heterocycles. The molecule has 1 aliphatic rings. The Morgan fingerprint density at radius 2 is 1.63 bits per heavy atom. The summed E-state index contributed by atoms with van der Waals surface area (Å²) in [5.74, 6) is -0.632. The molecule has 3 rings (SSSR count). The van der Waals surface area contributed by atoms with Crippen LogP contribution >= 0.6 is 0 Å². The molecular weight excluding hydrogens is 359 g/mol. The fourth-order valence-electron chi connectivity index (χ4n) is 3.05. The number of nitrogens with one attached hydrogen (secondary N) is 2. The first-order chi connectivity index (χ1) is 12.9. The summed E-state index contributed by atoms with van der Waals surface area (Å²) in [6.45, 7) is 0.359. The second-order valence-electron chi connectivity index (χ2n) is 6.18. The van der Waals surface area contributed by atoms with Gasteiger partial charge >= 0.3 is 12.2 Å². The zero-order chi connectivity index (χ0) is 19.4. The average Bonchev–Trinajstić information content (AvgIpc) is 3.12. The summed E-state index contributed by atoms with van der Waals surface area (Å²) in [7, 11) is 0. The monoisotopic (exact) mass is 377 g/mol. The van der Waals surface area contributed by atoms with Crippen molar-refractivity contribution in [3.8, 4) is 0 Å². The van der Waals surface area contributed by atoms with Gasteiger partial charge in [0, 0.05) is 12.2 Å². The number of anilines is 2. The molecule has 1 atom stereocenters. The normalized spacial score (nSPS) is 16.9. The Kier molecular flexibility index (Phi) is 5.34. The number of carbonyl (C=O) groups excluding carboxylic acids is 2. The van der Waals surface area contributed by atoms with Crippen molar-refractivity contribution in [3.05, 3.63) is 60.2 Å². The Labute approximate surface area is 154 Å². The molecule has 3 amide bonds. The zero-order valence-corrected chi connectivity index (χ0v) is 14.3. The lowest BCUT2D eigenvalue weighted by atomic mass is 10.1. The Morgan fingerprint density at radius 1 is 0.963 bits per heavy atom. The van der Waals surface area contributed by atoms with Crippen molar-refractivity contribution in [2.24, 2.45) is 0 Å². The number of nitrogens with zero attached hydrogens (tertiary/aromatic N) is 1. The summed E-state index contributed by atoms with van der Waals surface area (Å²) in [6.07, 6.45) is -3.59. The van der Waals surface area contributed by atoms with E-state index < -0.39 is 29.7 Å². The average molecular weight is 377 g/mol. The molecule has 2 N–H and O–H groups in total. The van der Waals surface area contributed by atoms with Crippen molar-refractivity contribution in [1.29, 1.82) is 0 Å². The first kappa shape index (κ1) is 18.8. The molecule has 0 saturated carbocycles. The number of hydrogen-bond donors (Lipinski definition) is 2. The minimum Gasteiger partial charge on any atom is -0.324 e. The van der Waals surface area contributed by atoms with Gasteiger partial charge in [0.2, 0.25) is 5.91 Å². The van der Waals surface area contributed by atoms with E-state index >= 15 is 0 Å². The van der Waals surface area contributed by atoms with E-state index in [9.17, 15) is 22.8 Å². The van der Waals surface area contributed by atoms with Gasteiger partial charge in [0.1, 0.15) is 6.04 Å². The van der Waals surface area contributed by atoms with Crippen molar-refractivity contribution in [2.75, 3.05) is 17.2 Å². The van der Waals surface area contributed by atoms with E-state index in [4.69, 9.17) is 0 Å². The van der Waals surface area contributed by atoms with E-state index in [1.807, 2.05) is 0 Å². The first-order valence-electron chi connectivity index (χ1n) is 8.46. The third-order valence-electron chi connectivity index (χ3n) is 4.33. The lowest BCUT2D eigenvalue weighted by Gasteiger charge is -2.25. The van der Waals surface area contributed by atoms with Crippen LogP contribution in [0.15, 0.2) is 54.6 Å². The smallest absolute Gasteiger partial charge is 0.324 e. The minimum atomic E-state index is -4.58. The van der Waals surface area contributed by atoms with Gasteiger partial charge < -0.3 is 15.5 Å². The summed E-state index contributed by atoms with van der Waals surface area (Å²) >= 11 is 0. The van der Waals surface area contributed by atoms with Crippen LogP contribution in [0.5, 0.6) is 0 Å². The highest BCUT2D eigenvalue weighted by Gasteiger charge is 2.37. The molecule has 0 bridgehead atoms. The molecule has 1 fully saturated rings. The Morgan fingerprint density at radius 3 is 2.33 bits per heavy atom. The first-order valence-corrected chi connectivity index (χ1v) is 8.46. The number of rotatable bonds is 3. The molecule has 1 saturated heterocycles. The fraction of sp³-hybridized carbons (Fsp3) is 0.263. The summed E-state index contributed by atoms with van der Waals surface area (Å²) in [6, 6.07) is 12.3. The van der Waals surface area contributed by atoms with Gasteiger partial charge in [0.05, 0.1) is 11.3 Å². The molecule has 2 aromatic rings. The van der Waals surface area contributed by atoms with Crippen LogP contribution in [-0.4, -0.2) is 29.4 Å². The highest BCUT2D eigenvalue weighted by molar-refractivity contribution is 6.00. The van der Waals surface area contributed by atoms with Crippen LogP contribution in [-0.2, 0) is 11.0 Å². The Bertz CT molecular complexity index is 824. The topological polar surface area (TPSA) is 61.4 Å². The number of halogens is 3. The second-order valence-corrected chi connectivity index (χ2v) is 6.18. The number of hydrogen-bond acceptors (Lipinski definition) is 2. The Hall–Kier alpha value is -3.03. The van der Waals surface area contributed by atoms with Gasteiger partial charge in [-0.25, -0.2) is 4.79 Å². The molecule has 27 heavy (non-hydrogen) atoms. The van der Waals surface area contributed by atoms with E-state index in [-0.39, 0.29) is 5.69 Å². The maximum Gasteiger partial charge on any atom is 0.418 e.